The first-order valence-electron chi connectivity index (χ1n) is 9.67. The van der Waals surface area contributed by atoms with E-state index in [4.69, 9.17) is 9.15 Å². The average molecular weight is 416 g/mol. The summed E-state index contributed by atoms with van der Waals surface area (Å²) in [7, 11) is 0. The second-order valence-corrected chi connectivity index (χ2v) is 6.98. The Kier molecular flexibility index (Phi) is 5.66. The van der Waals surface area contributed by atoms with E-state index in [0.29, 0.717) is 22.7 Å². The van der Waals surface area contributed by atoms with Crippen molar-refractivity contribution in [2.75, 3.05) is 11.5 Å². The summed E-state index contributed by atoms with van der Waals surface area (Å²) in [5.74, 6) is 0.0114. The van der Waals surface area contributed by atoms with E-state index in [1.54, 1.807) is 54.7 Å². The van der Waals surface area contributed by atoms with Crippen molar-refractivity contribution in [2.24, 2.45) is 0 Å². The highest BCUT2D eigenvalue weighted by molar-refractivity contribution is 5.95. The van der Waals surface area contributed by atoms with E-state index in [-0.39, 0.29) is 24.8 Å². The molecular weight excluding hydrogens is 396 g/mol. The van der Waals surface area contributed by atoms with Gasteiger partial charge in [0.1, 0.15) is 17.1 Å². The van der Waals surface area contributed by atoms with Crippen LogP contribution in [0.2, 0.25) is 0 Å². The Bertz CT molecular complexity index is 1280. The molecule has 1 N–H and O–H groups in total. The molecular formula is C24H20N2O5. The van der Waals surface area contributed by atoms with Crippen LogP contribution in [0.5, 0.6) is 11.5 Å². The molecule has 0 saturated carbocycles. The first-order chi connectivity index (χ1) is 15.0. The number of anilines is 1. The van der Waals surface area contributed by atoms with Crippen LogP contribution in [0.4, 0.5) is 5.69 Å². The molecule has 0 spiro atoms. The minimum absolute atomic E-state index is 0.0188. The fraction of sp³-hybridized carbons (Fsp3) is 0.125. The molecule has 156 valence electrons. The van der Waals surface area contributed by atoms with Gasteiger partial charge in [-0.05, 0) is 48.9 Å². The van der Waals surface area contributed by atoms with Gasteiger partial charge in [-0.3, -0.25) is 14.7 Å². The largest absolute Gasteiger partial charge is 0.506 e. The highest BCUT2D eigenvalue weighted by Gasteiger charge is 2.20. The van der Waals surface area contributed by atoms with E-state index < -0.39 is 5.63 Å². The maximum Gasteiger partial charge on any atom is 0.336 e. The maximum absolute atomic E-state index is 13.0. The predicted octanol–water partition coefficient (Wildman–Crippen LogP) is 3.81. The van der Waals surface area contributed by atoms with Gasteiger partial charge in [0.25, 0.3) is 5.91 Å². The van der Waals surface area contributed by atoms with Gasteiger partial charge in [0.2, 0.25) is 0 Å². The molecule has 2 aromatic heterocycles. The third kappa shape index (κ3) is 4.56. The van der Waals surface area contributed by atoms with Gasteiger partial charge in [-0.1, -0.05) is 18.2 Å². The fourth-order valence-electron chi connectivity index (χ4n) is 3.27. The molecule has 4 aromatic rings. The number of hydrogen-bond acceptors (Lipinski definition) is 6. The quantitative estimate of drug-likeness (QED) is 0.481. The first-order valence-corrected chi connectivity index (χ1v) is 9.67. The second kappa shape index (κ2) is 8.71. The number of nitrogens with zero attached hydrogens (tertiary/aromatic N) is 2. The van der Waals surface area contributed by atoms with Gasteiger partial charge in [0.05, 0.1) is 17.9 Å². The maximum atomic E-state index is 13.0. The molecule has 0 aliphatic heterocycles. The van der Waals surface area contributed by atoms with E-state index in [1.165, 1.54) is 17.0 Å². The van der Waals surface area contributed by atoms with Crippen LogP contribution >= 0.6 is 0 Å². The zero-order valence-corrected chi connectivity index (χ0v) is 16.8. The van der Waals surface area contributed by atoms with Crippen molar-refractivity contribution in [2.45, 2.75) is 13.5 Å². The lowest BCUT2D eigenvalue weighted by molar-refractivity contribution is -0.120. The first kappa shape index (κ1) is 20.2. The van der Waals surface area contributed by atoms with Crippen LogP contribution in [0.1, 0.15) is 11.3 Å². The summed E-state index contributed by atoms with van der Waals surface area (Å²) in [4.78, 5) is 30.4. The van der Waals surface area contributed by atoms with Crippen LogP contribution in [0.15, 0.2) is 82.1 Å². The molecule has 0 aliphatic carbocycles. The number of aromatic nitrogens is 1. The molecule has 0 fully saturated rings. The second-order valence-electron chi connectivity index (χ2n) is 6.98. The lowest BCUT2D eigenvalue weighted by atomic mass is 10.1. The van der Waals surface area contributed by atoms with Crippen molar-refractivity contribution in [1.82, 2.24) is 4.98 Å². The average Bonchev–Trinajstić information content (AvgIpc) is 2.77. The molecule has 31 heavy (non-hydrogen) atoms. The number of para-hydroxylation sites is 2. The number of amides is 1. The van der Waals surface area contributed by atoms with E-state index >= 15 is 0 Å². The molecule has 1 amide bonds. The minimum Gasteiger partial charge on any atom is -0.506 e. The summed E-state index contributed by atoms with van der Waals surface area (Å²) in [5.41, 5.74) is 1.78. The number of rotatable bonds is 6. The van der Waals surface area contributed by atoms with Crippen molar-refractivity contribution < 1.29 is 19.1 Å². The van der Waals surface area contributed by atoms with Crippen LogP contribution in [0.3, 0.4) is 0 Å². The summed E-state index contributed by atoms with van der Waals surface area (Å²) < 4.78 is 10.9. The normalized spacial score (nSPS) is 10.7. The predicted molar refractivity (Wildman–Crippen MR) is 116 cm³/mol. The van der Waals surface area contributed by atoms with Gasteiger partial charge < -0.3 is 14.3 Å². The Hall–Kier alpha value is -4.13. The zero-order valence-electron chi connectivity index (χ0n) is 16.8. The summed E-state index contributed by atoms with van der Waals surface area (Å²) in [6, 6.07) is 18.5. The molecule has 2 heterocycles. The topological polar surface area (TPSA) is 92.9 Å². The summed E-state index contributed by atoms with van der Waals surface area (Å²) >= 11 is 0. The van der Waals surface area contributed by atoms with Crippen molar-refractivity contribution in [1.29, 1.82) is 0 Å². The van der Waals surface area contributed by atoms with Gasteiger partial charge in [-0.15, -0.1) is 0 Å². The highest BCUT2D eigenvalue weighted by Crippen LogP contribution is 2.28. The number of hydrogen-bond donors (Lipinski definition) is 1. The Morgan fingerprint density at radius 1 is 1.10 bits per heavy atom. The minimum atomic E-state index is -0.445. The van der Waals surface area contributed by atoms with Crippen LogP contribution in [-0.4, -0.2) is 22.6 Å². The molecule has 0 radical (unpaired) electrons. The standard InChI is InChI=1S/C24H20N2O5/c1-16-12-24(29)31-22-13-18(9-10-19(16)22)30-15-23(28)26(14-17-6-4-5-11-25-17)20-7-2-3-8-21(20)27/h2-13,27H,14-15H2,1H3. The molecule has 0 aliphatic rings. The van der Waals surface area contributed by atoms with Gasteiger partial charge in [-0.2, -0.15) is 0 Å². The third-order valence-electron chi connectivity index (χ3n) is 4.80. The summed E-state index contributed by atoms with van der Waals surface area (Å²) in [6.45, 7) is 1.72. The molecule has 2 aromatic carbocycles. The lowest BCUT2D eigenvalue weighted by Crippen LogP contribution is -2.34. The molecule has 4 rings (SSSR count). The lowest BCUT2D eigenvalue weighted by Gasteiger charge is -2.23. The van der Waals surface area contributed by atoms with Crippen LogP contribution < -0.4 is 15.3 Å². The molecule has 0 unspecified atom stereocenters. The monoisotopic (exact) mass is 416 g/mol. The number of phenolic OH excluding ortho intramolecular Hbond substituents is 1. The number of aromatic hydroxyl groups is 1. The van der Waals surface area contributed by atoms with Gasteiger partial charge in [0, 0.05) is 23.7 Å². The summed E-state index contributed by atoms with van der Waals surface area (Å²) in [6.07, 6.45) is 1.64. The van der Waals surface area contributed by atoms with E-state index in [9.17, 15) is 14.7 Å². The number of phenols is 1. The van der Waals surface area contributed by atoms with Crippen LogP contribution in [0.25, 0.3) is 11.0 Å². The van der Waals surface area contributed by atoms with Gasteiger partial charge in [-0.25, -0.2) is 4.79 Å². The Morgan fingerprint density at radius 2 is 1.90 bits per heavy atom. The van der Waals surface area contributed by atoms with Crippen LogP contribution in [-0.2, 0) is 11.3 Å². The number of benzene rings is 2. The Balaban J connectivity index is 1.57. The Morgan fingerprint density at radius 3 is 2.68 bits per heavy atom. The number of carbonyl (C=O) groups excluding carboxylic acids is 1. The fourth-order valence-corrected chi connectivity index (χ4v) is 3.27. The van der Waals surface area contributed by atoms with Crippen molar-refractivity contribution in [3.05, 3.63) is 94.6 Å². The molecule has 0 saturated heterocycles. The van der Waals surface area contributed by atoms with E-state index in [2.05, 4.69) is 4.98 Å². The third-order valence-corrected chi connectivity index (χ3v) is 4.80. The SMILES string of the molecule is Cc1cc(=O)oc2cc(OCC(=O)N(Cc3ccccn3)c3ccccc3O)ccc12. The van der Waals surface area contributed by atoms with Gasteiger partial charge >= 0.3 is 5.63 Å². The van der Waals surface area contributed by atoms with Gasteiger partial charge in [0.15, 0.2) is 6.61 Å². The molecule has 7 nitrogen and oxygen atoms in total. The highest BCUT2D eigenvalue weighted by atomic mass is 16.5. The Labute approximate surface area is 178 Å². The number of ether oxygens (including phenoxy) is 1. The number of aryl methyl sites for hydroxylation is 1. The van der Waals surface area contributed by atoms with E-state index in [1.807, 2.05) is 13.0 Å². The zero-order chi connectivity index (χ0) is 21.8. The smallest absolute Gasteiger partial charge is 0.336 e. The van der Waals surface area contributed by atoms with Crippen molar-refractivity contribution in [3.63, 3.8) is 0 Å². The molecule has 7 heteroatoms. The number of fused-ring (bicyclic) bond motifs is 1. The van der Waals surface area contributed by atoms with E-state index in [0.717, 1.165) is 10.9 Å². The van der Waals surface area contributed by atoms with Crippen molar-refractivity contribution >= 4 is 22.6 Å². The molecule has 0 atom stereocenters. The summed E-state index contributed by atoms with van der Waals surface area (Å²) in [5, 5.41) is 11.1. The molecule has 0 bridgehead atoms. The number of carbonyl (C=O) groups is 1. The number of pyridine rings is 1. The van der Waals surface area contributed by atoms with Crippen LogP contribution in [0, 0.1) is 6.92 Å². The van der Waals surface area contributed by atoms with Crippen molar-refractivity contribution in [3.8, 4) is 11.5 Å².